The molecule has 1 saturated heterocycles. The minimum Gasteiger partial charge on any atom is -0.505 e. The number of anilines is 1. The third-order valence-corrected chi connectivity index (χ3v) is 3.77. The first-order valence-corrected chi connectivity index (χ1v) is 7.22. The van der Waals surface area contributed by atoms with Crippen molar-refractivity contribution in [2.75, 3.05) is 25.4 Å². The molecule has 1 aromatic carbocycles. The Kier molecular flexibility index (Phi) is 4.84. The summed E-state index contributed by atoms with van der Waals surface area (Å²) in [4.78, 5) is 14.6. The Morgan fingerprint density at radius 3 is 2.80 bits per heavy atom. The van der Waals surface area contributed by atoms with Crippen LogP contribution in [0.3, 0.4) is 0 Å². The quantitative estimate of drug-likeness (QED) is 0.577. The number of nitrogens with zero attached hydrogens (tertiary/aromatic N) is 1. The summed E-state index contributed by atoms with van der Waals surface area (Å²) in [5.74, 6) is -0.378. The summed E-state index contributed by atoms with van der Waals surface area (Å²) in [7, 11) is 0. The van der Waals surface area contributed by atoms with Gasteiger partial charge >= 0.3 is 0 Å². The molecular weight excluding hydrogens is 254 g/mol. The minimum atomic E-state index is -0.247. The topological polar surface area (TPSA) is 78.6 Å². The molecule has 0 aromatic heterocycles. The second kappa shape index (κ2) is 6.61. The van der Waals surface area contributed by atoms with Crippen molar-refractivity contribution in [3.63, 3.8) is 0 Å². The van der Waals surface area contributed by atoms with Crippen LogP contribution in [0.2, 0.25) is 0 Å². The number of piperidine rings is 1. The number of hydrogen-bond donors (Lipinski definition) is 3. The average molecular weight is 277 g/mol. The van der Waals surface area contributed by atoms with Crippen molar-refractivity contribution in [1.82, 2.24) is 10.2 Å². The van der Waals surface area contributed by atoms with E-state index in [9.17, 15) is 9.90 Å². The van der Waals surface area contributed by atoms with Crippen LogP contribution in [0.15, 0.2) is 18.2 Å². The summed E-state index contributed by atoms with van der Waals surface area (Å²) in [6.07, 6.45) is 3.07. The van der Waals surface area contributed by atoms with Crippen molar-refractivity contribution in [2.45, 2.75) is 32.2 Å². The molecule has 1 fully saturated rings. The van der Waals surface area contributed by atoms with E-state index in [1.165, 1.54) is 0 Å². The molecule has 5 heteroatoms. The number of rotatable bonds is 4. The molecule has 110 valence electrons. The number of likely N-dealkylation sites (tertiary alicyclic amines) is 1. The molecule has 2 rings (SSSR count). The van der Waals surface area contributed by atoms with Crippen molar-refractivity contribution >= 4 is 11.6 Å². The van der Waals surface area contributed by atoms with Gasteiger partial charge < -0.3 is 21.1 Å². The lowest BCUT2D eigenvalue weighted by molar-refractivity contribution is 0.0908. The van der Waals surface area contributed by atoms with Crippen LogP contribution < -0.4 is 11.1 Å². The third kappa shape index (κ3) is 3.42. The fourth-order valence-corrected chi connectivity index (χ4v) is 2.62. The van der Waals surface area contributed by atoms with E-state index >= 15 is 0 Å². The van der Waals surface area contributed by atoms with Crippen LogP contribution in [-0.4, -0.2) is 41.6 Å². The van der Waals surface area contributed by atoms with Crippen LogP contribution in [0.1, 0.15) is 36.5 Å². The molecule has 1 aromatic rings. The maximum atomic E-state index is 12.2. The molecule has 1 aliphatic heterocycles. The monoisotopic (exact) mass is 277 g/mol. The number of benzene rings is 1. The Morgan fingerprint density at radius 1 is 1.45 bits per heavy atom. The lowest BCUT2D eigenvalue weighted by Gasteiger charge is -2.32. The SMILES string of the molecule is CCCN1CCC(NC(=O)c2cccc(N)c2O)CC1. The van der Waals surface area contributed by atoms with E-state index in [1.54, 1.807) is 18.2 Å². The van der Waals surface area contributed by atoms with E-state index < -0.39 is 0 Å². The van der Waals surface area contributed by atoms with E-state index in [-0.39, 0.29) is 28.9 Å². The molecule has 1 amide bonds. The summed E-state index contributed by atoms with van der Waals surface area (Å²) in [6.45, 7) is 5.33. The maximum absolute atomic E-state index is 12.2. The van der Waals surface area contributed by atoms with E-state index in [0.717, 1.165) is 38.9 Å². The van der Waals surface area contributed by atoms with Crippen LogP contribution in [0, 0.1) is 0 Å². The van der Waals surface area contributed by atoms with Crippen LogP contribution in [-0.2, 0) is 0 Å². The molecule has 0 saturated carbocycles. The molecule has 0 radical (unpaired) electrons. The van der Waals surface area contributed by atoms with Crippen molar-refractivity contribution in [2.24, 2.45) is 0 Å². The van der Waals surface area contributed by atoms with Gasteiger partial charge in [0.05, 0.1) is 11.3 Å². The number of phenols is 1. The van der Waals surface area contributed by atoms with Crippen molar-refractivity contribution in [3.8, 4) is 5.75 Å². The summed E-state index contributed by atoms with van der Waals surface area (Å²) >= 11 is 0. The lowest BCUT2D eigenvalue weighted by Crippen LogP contribution is -2.44. The normalized spacial score (nSPS) is 17.1. The van der Waals surface area contributed by atoms with E-state index in [0.29, 0.717) is 0 Å². The number of carbonyl (C=O) groups is 1. The number of amides is 1. The van der Waals surface area contributed by atoms with Gasteiger partial charge in [-0.2, -0.15) is 0 Å². The highest BCUT2D eigenvalue weighted by Gasteiger charge is 2.22. The van der Waals surface area contributed by atoms with E-state index in [1.807, 2.05) is 0 Å². The summed E-state index contributed by atoms with van der Waals surface area (Å²) < 4.78 is 0. The van der Waals surface area contributed by atoms with Gasteiger partial charge in [0.15, 0.2) is 5.75 Å². The van der Waals surface area contributed by atoms with Crippen LogP contribution >= 0.6 is 0 Å². The van der Waals surface area contributed by atoms with Crippen LogP contribution in [0.4, 0.5) is 5.69 Å². The number of carbonyl (C=O) groups excluding carboxylic acids is 1. The van der Waals surface area contributed by atoms with Gasteiger partial charge in [0.25, 0.3) is 5.91 Å². The van der Waals surface area contributed by atoms with Gasteiger partial charge in [-0.25, -0.2) is 0 Å². The van der Waals surface area contributed by atoms with Gasteiger partial charge in [-0.15, -0.1) is 0 Å². The number of nitrogen functional groups attached to an aromatic ring is 1. The zero-order chi connectivity index (χ0) is 14.5. The Labute approximate surface area is 119 Å². The highest BCUT2D eigenvalue weighted by Crippen LogP contribution is 2.24. The molecule has 0 unspecified atom stereocenters. The predicted octanol–water partition coefficient (Wildman–Crippen LogP) is 1.58. The molecule has 1 aliphatic rings. The molecule has 0 spiro atoms. The number of aromatic hydroxyl groups is 1. The Balaban J connectivity index is 1.91. The maximum Gasteiger partial charge on any atom is 0.255 e. The highest BCUT2D eigenvalue weighted by atomic mass is 16.3. The number of nitrogens with one attached hydrogen (secondary N) is 1. The fraction of sp³-hybridized carbons (Fsp3) is 0.533. The zero-order valence-electron chi connectivity index (χ0n) is 11.9. The first-order valence-electron chi connectivity index (χ1n) is 7.22. The van der Waals surface area contributed by atoms with Gasteiger partial charge in [-0.05, 0) is 37.9 Å². The lowest BCUT2D eigenvalue weighted by atomic mass is 10.0. The number of hydrogen-bond acceptors (Lipinski definition) is 4. The first-order chi connectivity index (χ1) is 9.61. The largest absolute Gasteiger partial charge is 0.505 e. The smallest absolute Gasteiger partial charge is 0.255 e. The fourth-order valence-electron chi connectivity index (χ4n) is 2.62. The van der Waals surface area contributed by atoms with Gasteiger partial charge in [-0.1, -0.05) is 13.0 Å². The Bertz CT molecular complexity index is 468. The predicted molar refractivity (Wildman–Crippen MR) is 79.7 cm³/mol. The van der Waals surface area contributed by atoms with Gasteiger partial charge in [0.1, 0.15) is 0 Å². The molecule has 0 bridgehead atoms. The Morgan fingerprint density at radius 2 is 2.15 bits per heavy atom. The number of para-hydroxylation sites is 1. The van der Waals surface area contributed by atoms with Crippen molar-refractivity contribution in [1.29, 1.82) is 0 Å². The van der Waals surface area contributed by atoms with Crippen molar-refractivity contribution < 1.29 is 9.90 Å². The Hall–Kier alpha value is -1.75. The minimum absolute atomic E-state index is 0.131. The molecular formula is C15H23N3O2. The standard InChI is InChI=1S/C15H23N3O2/c1-2-8-18-9-6-11(7-10-18)17-15(20)12-4-3-5-13(16)14(12)19/h3-5,11,19H,2,6-10,16H2,1H3,(H,17,20). The van der Waals surface area contributed by atoms with E-state index in [2.05, 4.69) is 17.1 Å². The van der Waals surface area contributed by atoms with E-state index in [4.69, 9.17) is 5.73 Å². The van der Waals surface area contributed by atoms with Gasteiger partial charge in [-0.3, -0.25) is 4.79 Å². The molecule has 20 heavy (non-hydrogen) atoms. The number of phenolic OH excluding ortho intramolecular Hbond substituents is 1. The molecule has 1 heterocycles. The zero-order valence-corrected chi connectivity index (χ0v) is 11.9. The van der Waals surface area contributed by atoms with Gasteiger partial charge in [0, 0.05) is 19.1 Å². The second-order valence-electron chi connectivity index (χ2n) is 5.33. The third-order valence-electron chi connectivity index (χ3n) is 3.77. The molecule has 4 N–H and O–H groups in total. The number of nitrogens with two attached hydrogens (primary N) is 1. The van der Waals surface area contributed by atoms with Crippen LogP contribution in [0.5, 0.6) is 5.75 Å². The summed E-state index contributed by atoms with van der Waals surface area (Å²) in [5, 5.41) is 12.8. The molecule has 5 nitrogen and oxygen atoms in total. The highest BCUT2D eigenvalue weighted by molar-refractivity contribution is 5.98. The summed E-state index contributed by atoms with van der Waals surface area (Å²) in [6, 6.07) is 5.02. The second-order valence-corrected chi connectivity index (χ2v) is 5.33. The van der Waals surface area contributed by atoms with Crippen LogP contribution in [0.25, 0.3) is 0 Å². The molecule has 0 atom stereocenters. The van der Waals surface area contributed by atoms with Crippen molar-refractivity contribution in [3.05, 3.63) is 23.8 Å². The average Bonchev–Trinajstić information content (AvgIpc) is 2.44. The summed E-state index contributed by atoms with van der Waals surface area (Å²) in [5.41, 5.74) is 6.09. The first kappa shape index (κ1) is 14.7. The van der Waals surface area contributed by atoms with Gasteiger partial charge in [0.2, 0.25) is 0 Å². The molecule has 0 aliphatic carbocycles.